The van der Waals surface area contributed by atoms with Gasteiger partial charge in [0.25, 0.3) is 0 Å². The lowest BCUT2D eigenvalue weighted by Gasteiger charge is -2.19. The number of rotatable bonds is 4. The first-order valence-corrected chi connectivity index (χ1v) is 7.67. The molecule has 1 aromatic rings. The molecule has 22 heavy (non-hydrogen) atoms. The van der Waals surface area contributed by atoms with Gasteiger partial charge < -0.3 is 19.3 Å². The number of nitrogens with zero attached hydrogens (tertiary/aromatic N) is 4. The van der Waals surface area contributed by atoms with Gasteiger partial charge in [-0.25, -0.2) is 0 Å². The summed E-state index contributed by atoms with van der Waals surface area (Å²) < 4.78 is 11.1. The summed E-state index contributed by atoms with van der Waals surface area (Å²) in [4.78, 5) is 16.1. The van der Waals surface area contributed by atoms with E-state index in [0.717, 1.165) is 25.2 Å². The third-order valence-corrected chi connectivity index (χ3v) is 4.11. The highest BCUT2D eigenvalue weighted by molar-refractivity contribution is 5.79. The van der Waals surface area contributed by atoms with Gasteiger partial charge in [0.15, 0.2) is 5.82 Å². The van der Waals surface area contributed by atoms with Crippen molar-refractivity contribution in [3.05, 3.63) is 12.1 Å². The second-order valence-electron chi connectivity index (χ2n) is 6.00. The van der Waals surface area contributed by atoms with Gasteiger partial charge in [0, 0.05) is 39.7 Å². The quantitative estimate of drug-likeness (QED) is 0.809. The van der Waals surface area contributed by atoms with Crippen molar-refractivity contribution in [1.82, 2.24) is 15.1 Å². The molecule has 120 valence electrons. The Labute approximate surface area is 130 Å². The molecule has 2 aliphatic heterocycles. The summed E-state index contributed by atoms with van der Waals surface area (Å²) in [5, 5.41) is 8.16. The van der Waals surface area contributed by atoms with Gasteiger partial charge in [0.2, 0.25) is 11.8 Å². The zero-order valence-corrected chi connectivity index (χ0v) is 13.1. The van der Waals surface area contributed by atoms with Gasteiger partial charge in [-0.1, -0.05) is 0 Å². The third-order valence-electron chi connectivity index (χ3n) is 4.11. The van der Waals surface area contributed by atoms with E-state index in [-0.39, 0.29) is 17.9 Å². The second kappa shape index (κ2) is 6.48. The Morgan fingerprint density at radius 2 is 2.23 bits per heavy atom. The second-order valence-corrected chi connectivity index (χ2v) is 6.00. The molecule has 0 N–H and O–H groups in total. The zero-order valence-electron chi connectivity index (χ0n) is 13.1. The Kier molecular flexibility index (Phi) is 4.42. The summed E-state index contributed by atoms with van der Waals surface area (Å²) in [6.45, 7) is 2.60. The number of anilines is 1. The van der Waals surface area contributed by atoms with Crippen LogP contribution in [0.15, 0.2) is 12.1 Å². The van der Waals surface area contributed by atoms with Gasteiger partial charge >= 0.3 is 0 Å². The van der Waals surface area contributed by atoms with Crippen LogP contribution in [0.5, 0.6) is 5.88 Å². The summed E-state index contributed by atoms with van der Waals surface area (Å²) in [6.07, 6.45) is 1.65. The van der Waals surface area contributed by atoms with Crippen LogP contribution in [0.2, 0.25) is 0 Å². The molecule has 2 atom stereocenters. The lowest BCUT2D eigenvalue weighted by molar-refractivity contribution is -0.134. The van der Waals surface area contributed by atoms with Crippen LogP contribution in [0.25, 0.3) is 0 Å². The number of amides is 1. The fraction of sp³-hybridized carbons (Fsp3) is 0.667. The molecule has 0 aliphatic carbocycles. The van der Waals surface area contributed by atoms with Crippen molar-refractivity contribution in [2.75, 3.05) is 45.3 Å². The van der Waals surface area contributed by atoms with Crippen molar-refractivity contribution in [3.8, 4) is 5.88 Å². The van der Waals surface area contributed by atoms with Crippen LogP contribution in [0, 0.1) is 5.92 Å². The van der Waals surface area contributed by atoms with Crippen LogP contribution in [0.3, 0.4) is 0 Å². The van der Waals surface area contributed by atoms with E-state index < -0.39 is 0 Å². The monoisotopic (exact) mass is 306 g/mol. The molecule has 1 aromatic heterocycles. The maximum Gasteiger partial charge on any atom is 0.233 e. The molecule has 0 saturated carbocycles. The summed E-state index contributed by atoms with van der Waals surface area (Å²) >= 11 is 0. The molecule has 2 saturated heterocycles. The highest BCUT2D eigenvalue weighted by Crippen LogP contribution is 2.22. The van der Waals surface area contributed by atoms with Crippen LogP contribution >= 0.6 is 0 Å². The van der Waals surface area contributed by atoms with Crippen LogP contribution < -0.4 is 9.64 Å². The molecule has 7 nitrogen and oxygen atoms in total. The maximum atomic E-state index is 12.3. The average Bonchev–Trinajstić information content (AvgIpc) is 3.19. The highest BCUT2D eigenvalue weighted by Gasteiger charge is 2.33. The standard InChI is InChI=1S/C15H22N4O3/c1-18(2)13-3-4-14(17-16-13)22-12-5-7-19(9-12)15(20)11-6-8-21-10-11/h3-4,11-12H,5-10H2,1-2H3/t11-,12+/m1/s1. The fourth-order valence-electron chi connectivity index (χ4n) is 2.80. The molecule has 0 aromatic carbocycles. The van der Waals surface area contributed by atoms with E-state index in [1.54, 1.807) is 0 Å². The molecule has 7 heteroatoms. The average molecular weight is 306 g/mol. The molecule has 0 bridgehead atoms. The van der Waals surface area contributed by atoms with Crippen molar-refractivity contribution < 1.29 is 14.3 Å². The predicted octanol–water partition coefficient (Wildman–Crippen LogP) is 0.559. The molecule has 0 spiro atoms. The molecule has 3 heterocycles. The van der Waals surface area contributed by atoms with Gasteiger partial charge in [0.1, 0.15) is 6.10 Å². The smallest absolute Gasteiger partial charge is 0.233 e. The van der Waals surface area contributed by atoms with E-state index in [1.807, 2.05) is 36.0 Å². The highest BCUT2D eigenvalue weighted by atomic mass is 16.5. The fourth-order valence-corrected chi connectivity index (χ4v) is 2.80. The van der Waals surface area contributed by atoms with E-state index in [9.17, 15) is 4.79 Å². The number of hydrogen-bond acceptors (Lipinski definition) is 6. The topological polar surface area (TPSA) is 67.8 Å². The number of likely N-dealkylation sites (tertiary alicyclic amines) is 1. The molecule has 0 unspecified atom stereocenters. The molecule has 2 fully saturated rings. The molecule has 2 aliphatic rings. The molecule has 3 rings (SSSR count). The Balaban J connectivity index is 1.53. The van der Waals surface area contributed by atoms with Crippen molar-refractivity contribution in [2.45, 2.75) is 18.9 Å². The number of aromatic nitrogens is 2. The summed E-state index contributed by atoms with van der Waals surface area (Å²) in [5.74, 6) is 1.52. The van der Waals surface area contributed by atoms with Gasteiger partial charge in [-0.15, -0.1) is 10.2 Å². The molecular formula is C15H22N4O3. The number of carbonyl (C=O) groups excluding carboxylic acids is 1. The normalized spacial score (nSPS) is 24.5. The minimum atomic E-state index is -0.00854. The summed E-state index contributed by atoms with van der Waals surface area (Å²) in [7, 11) is 3.83. The Morgan fingerprint density at radius 1 is 1.36 bits per heavy atom. The van der Waals surface area contributed by atoms with Crippen LogP contribution in [-0.4, -0.2) is 67.5 Å². The SMILES string of the molecule is CN(C)c1ccc(O[C@H]2CCN(C(=O)[C@@H]3CCOC3)C2)nn1. The van der Waals surface area contributed by atoms with Gasteiger partial charge in [-0.2, -0.15) is 0 Å². The van der Waals surface area contributed by atoms with E-state index in [0.29, 0.717) is 25.6 Å². The van der Waals surface area contributed by atoms with Crippen LogP contribution in [0.4, 0.5) is 5.82 Å². The Morgan fingerprint density at radius 3 is 2.86 bits per heavy atom. The van der Waals surface area contributed by atoms with Crippen molar-refractivity contribution in [1.29, 1.82) is 0 Å². The number of ether oxygens (including phenoxy) is 2. The molecular weight excluding hydrogens is 284 g/mol. The predicted molar refractivity (Wildman–Crippen MR) is 80.9 cm³/mol. The first-order valence-electron chi connectivity index (χ1n) is 7.67. The largest absolute Gasteiger partial charge is 0.471 e. The van der Waals surface area contributed by atoms with Gasteiger partial charge in [-0.3, -0.25) is 4.79 Å². The van der Waals surface area contributed by atoms with Gasteiger partial charge in [-0.05, 0) is 12.5 Å². The first-order chi connectivity index (χ1) is 10.6. The minimum absolute atomic E-state index is 0.00854. The lowest BCUT2D eigenvalue weighted by Crippen LogP contribution is -2.36. The van der Waals surface area contributed by atoms with E-state index in [4.69, 9.17) is 9.47 Å². The molecule has 0 radical (unpaired) electrons. The summed E-state index contributed by atoms with van der Waals surface area (Å²) in [6, 6.07) is 3.69. The van der Waals surface area contributed by atoms with Crippen LogP contribution in [0.1, 0.15) is 12.8 Å². The first kappa shape index (κ1) is 15.0. The maximum absolute atomic E-state index is 12.3. The zero-order chi connectivity index (χ0) is 15.5. The molecule has 1 amide bonds. The van der Waals surface area contributed by atoms with E-state index in [1.165, 1.54) is 0 Å². The van der Waals surface area contributed by atoms with E-state index in [2.05, 4.69) is 10.2 Å². The summed E-state index contributed by atoms with van der Waals surface area (Å²) in [5.41, 5.74) is 0. The Hall–Kier alpha value is -1.89. The van der Waals surface area contributed by atoms with E-state index >= 15 is 0 Å². The number of carbonyl (C=O) groups is 1. The van der Waals surface area contributed by atoms with Gasteiger partial charge in [0.05, 0.1) is 19.1 Å². The lowest BCUT2D eigenvalue weighted by atomic mass is 10.1. The van der Waals surface area contributed by atoms with Crippen molar-refractivity contribution >= 4 is 11.7 Å². The van der Waals surface area contributed by atoms with Crippen molar-refractivity contribution in [2.24, 2.45) is 5.92 Å². The third kappa shape index (κ3) is 3.30. The number of hydrogen-bond donors (Lipinski definition) is 0. The van der Waals surface area contributed by atoms with Crippen molar-refractivity contribution in [3.63, 3.8) is 0 Å². The Bertz CT molecular complexity index is 514. The van der Waals surface area contributed by atoms with Crippen LogP contribution in [-0.2, 0) is 9.53 Å². The minimum Gasteiger partial charge on any atom is -0.471 e.